The number of anilines is 1. The van der Waals surface area contributed by atoms with Gasteiger partial charge in [-0.1, -0.05) is 0 Å². The molecular formula is C5H5N3O3. The molecule has 6 nitrogen and oxygen atoms in total. The maximum Gasteiger partial charge on any atom is 0.326 e. The zero-order valence-electron chi connectivity index (χ0n) is 5.38. The molecule has 0 amide bonds. The quantitative estimate of drug-likeness (QED) is 0.427. The van der Waals surface area contributed by atoms with E-state index in [-0.39, 0.29) is 11.4 Å². The third-order valence-electron chi connectivity index (χ3n) is 1.13. The second-order valence-corrected chi connectivity index (χ2v) is 1.85. The van der Waals surface area contributed by atoms with Crippen LogP contribution in [0.25, 0.3) is 0 Å². The topological polar surface area (TPSA) is 109 Å². The first-order chi connectivity index (χ1) is 5.15. The number of rotatable bonds is 1. The van der Waals surface area contributed by atoms with Gasteiger partial charge in [0.25, 0.3) is 5.56 Å². The predicted octanol–water partition coefficient (Wildman–Crippen LogP) is -1.54. The van der Waals surface area contributed by atoms with Crippen molar-refractivity contribution in [2.45, 2.75) is 0 Å². The van der Waals surface area contributed by atoms with Crippen molar-refractivity contribution in [1.82, 2.24) is 9.97 Å². The lowest BCUT2D eigenvalue weighted by Crippen LogP contribution is -2.26. The summed E-state index contributed by atoms with van der Waals surface area (Å²) in [7, 11) is 0. The van der Waals surface area contributed by atoms with Crippen molar-refractivity contribution >= 4 is 12.0 Å². The third-order valence-corrected chi connectivity index (χ3v) is 1.13. The molecule has 1 rings (SSSR count). The van der Waals surface area contributed by atoms with Crippen LogP contribution in [0.2, 0.25) is 0 Å². The van der Waals surface area contributed by atoms with E-state index < -0.39 is 11.2 Å². The van der Waals surface area contributed by atoms with E-state index in [0.717, 1.165) is 0 Å². The highest BCUT2D eigenvalue weighted by atomic mass is 16.2. The lowest BCUT2D eigenvalue weighted by atomic mass is 10.4. The summed E-state index contributed by atoms with van der Waals surface area (Å²) in [5.74, 6) is 0. The number of aromatic nitrogens is 2. The molecule has 1 aromatic rings. The summed E-state index contributed by atoms with van der Waals surface area (Å²) in [4.78, 5) is 35.2. The Morgan fingerprint density at radius 1 is 1.27 bits per heavy atom. The highest BCUT2D eigenvalue weighted by molar-refractivity contribution is 5.79. The standard InChI is InChI=1S/C5H5N3O3/c6-3-2(1-9)7-5(11)8-4(3)10/h1H,6H2,(H2,7,8,10,11). The van der Waals surface area contributed by atoms with Crippen molar-refractivity contribution in [2.24, 2.45) is 0 Å². The molecule has 0 aliphatic heterocycles. The van der Waals surface area contributed by atoms with Gasteiger partial charge in [-0.05, 0) is 0 Å². The molecule has 11 heavy (non-hydrogen) atoms. The number of H-pyrrole nitrogens is 2. The summed E-state index contributed by atoms with van der Waals surface area (Å²) in [5.41, 5.74) is 3.15. The van der Waals surface area contributed by atoms with Gasteiger partial charge in [-0.25, -0.2) is 4.79 Å². The minimum absolute atomic E-state index is 0.196. The molecule has 0 atom stereocenters. The Hall–Kier alpha value is -1.85. The number of carbonyl (C=O) groups excluding carboxylic acids is 1. The smallest absolute Gasteiger partial charge is 0.326 e. The Labute approximate surface area is 60.1 Å². The number of carbonyl (C=O) groups is 1. The first-order valence-electron chi connectivity index (χ1n) is 2.72. The van der Waals surface area contributed by atoms with Crippen LogP contribution in [0.3, 0.4) is 0 Å². The fourth-order valence-corrected chi connectivity index (χ4v) is 0.607. The normalized spacial score (nSPS) is 9.45. The van der Waals surface area contributed by atoms with E-state index in [9.17, 15) is 14.4 Å². The summed E-state index contributed by atoms with van der Waals surface area (Å²) < 4.78 is 0. The van der Waals surface area contributed by atoms with Gasteiger partial charge in [0.15, 0.2) is 6.29 Å². The Bertz CT molecular complexity index is 389. The molecule has 0 unspecified atom stereocenters. The molecule has 0 radical (unpaired) electrons. The molecule has 0 saturated carbocycles. The van der Waals surface area contributed by atoms with Crippen LogP contribution in [0.15, 0.2) is 9.59 Å². The maximum absolute atomic E-state index is 10.7. The predicted molar refractivity (Wildman–Crippen MR) is 37.5 cm³/mol. The van der Waals surface area contributed by atoms with Gasteiger partial charge >= 0.3 is 5.69 Å². The summed E-state index contributed by atoms with van der Waals surface area (Å²) in [6, 6.07) is 0. The molecule has 0 spiro atoms. The van der Waals surface area contributed by atoms with Crippen molar-refractivity contribution in [1.29, 1.82) is 0 Å². The van der Waals surface area contributed by atoms with E-state index in [2.05, 4.69) is 4.98 Å². The maximum atomic E-state index is 10.7. The molecule has 58 valence electrons. The molecule has 0 aliphatic carbocycles. The number of aromatic amines is 2. The Balaban J connectivity index is 3.61. The molecular weight excluding hydrogens is 150 g/mol. The number of aldehydes is 1. The van der Waals surface area contributed by atoms with Gasteiger partial charge in [0, 0.05) is 0 Å². The van der Waals surface area contributed by atoms with Gasteiger partial charge in [-0.2, -0.15) is 0 Å². The molecule has 0 fully saturated rings. The van der Waals surface area contributed by atoms with Crippen molar-refractivity contribution in [3.05, 3.63) is 26.5 Å². The molecule has 0 bridgehead atoms. The van der Waals surface area contributed by atoms with E-state index in [1.807, 2.05) is 4.98 Å². The number of nitrogens with one attached hydrogen (secondary N) is 2. The molecule has 0 aromatic carbocycles. The minimum Gasteiger partial charge on any atom is -0.392 e. The SMILES string of the molecule is Nc1c(C=O)[nH]c(=O)[nH]c1=O. The van der Waals surface area contributed by atoms with E-state index >= 15 is 0 Å². The minimum atomic E-state index is -0.754. The fraction of sp³-hybridized carbons (Fsp3) is 0. The average molecular weight is 155 g/mol. The third kappa shape index (κ3) is 1.18. The summed E-state index contributed by atoms with van der Waals surface area (Å²) in [6.45, 7) is 0. The second kappa shape index (κ2) is 2.41. The summed E-state index contributed by atoms with van der Waals surface area (Å²) in [5, 5.41) is 0. The lowest BCUT2D eigenvalue weighted by Gasteiger charge is -1.92. The summed E-state index contributed by atoms with van der Waals surface area (Å²) in [6.07, 6.45) is 0.311. The van der Waals surface area contributed by atoms with Gasteiger partial charge < -0.3 is 10.7 Å². The Morgan fingerprint density at radius 3 is 2.45 bits per heavy atom. The van der Waals surface area contributed by atoms with Gasteiger partial charge in [-0.15, -0.1) is 0 Å². The van der Waals surface area contributed by atoms with Crippen LogP contribution in [0.5, 0.6) is 0 Å². The van der Waals surface area contributed by atoms with Gasteiger partial charge in [0.05, 0.1) is 0 Å². The molecule has 0 saturated heterocycles. The van der Waals surface area contributed by atoms with Crippen molar-refractivity contribution < 1.29 is 4.79 Å². The fourth-order valence-electron chi connectivity index (χ4n) is 0.607. The number of hydrogen-bond donors (Lipinski definition) is 3. The van der Waals surface area contributed by atoms with Crippen molar-refractivity contribution in [2.75, 3.05) is 5.73 Å². The number of nitrogen functional groups attached to an aromatic ring is 1. The zero-order valence-corrected chi connectivity index (χ0v) is 5.38. The molecule has 4 N–H and O–H groups in total. The van der Waals surface area contributed by atoms with E-state index in [1.165, 1.54) is 0 Å². The molecule has 6 heteroatoms. The van der Waals surface area contributed by atoms with Gasteiger partial charge in [-0.3, -0.25) is 14.6 Å². The van der Waals surface area contributed by atoms with Crippen LogP contribution >= 0.6 is 0 Å². The Kier molecular flexibility index (Phi) is 1.59. The van der Waals surface area contributed by atoms with E-state index in [1.54, 1.807) is 0 Å². The highest BCUT2D eigenvalue weighted by Crippen LogP contribution is 1.91. The summed E-state index contributed by atoms with van der Waals surface area (Å²) >= 11 is 0. The molecule has 0 aliphatic rings. The van der Waals surface area contributed by atoms with Crippen LogP contribution in [-0.2, 0) is 0 Å². The highest BCUT2D eigenvalue weighted by Gasteiger charge is 2.02. The second-order valence-electron chi connectivity index (χ2n) is 1.85. The van der Waals surface area contributed by atoms with Crippen LogP contribution in [0, 0.1) is 0 Å². The van der Waals surface area contributed by atoms with Crippen LogP contribution in [0.1, 0.15) is 10.5 Å². The first-order valence-corrected chi connectivity index (χ1v) is 2.72. The van der Waals surface area contributed by atoms with Crippen molar-refractivity contribution in [3.63, 3.8) is 0 Å². The van der Waals surface area contributed by atoms with Gasteiger partial charge in [0.1, 0.15) is 11.4 Å². The molecule has 1 aromatic heterocycles. The van der Waals surface area contributed by atoms with E-state index in [4.69, 9.17) is 5.73 Å². The van der Waals surface area contributed by atoms with Crippen LogP contribution < -0.4 is 17.0 Å². The molecule has 1 heterocycles. The Morgan fingerprint density at radius 2 is 1.91 bits per heavy atom. The zero-order chi connectivity index (χ0) is 8.43. The monoisotopic (exact) mass is 155 g/mol. The number of hydrogen-bond acceptors (Lipinski definition) is 4. The first kappa shape index (κ1) is 7.26. The lowest BCUT2D eigenvalue weighted by molar-refractivity contribution is 0.111. The number of nitrogens with two attached hydrogens (primary N) is 1. The average Bonchev–Trinajstić information content (AvgIpc) is 1.96. The van der Waals surface area contributed by atoms with Gasteiger partial charge in [0.2, 0.25) is 0 Å². The largest absolute Gasteiger partial charge is 0.392 e. The van der Waals surface area contributed by atoms with E-state index in [0.29, 0.717) is 6.29 Å². The van der Waals surface area contributed by atoms with Crippen molar-refractivity contribution in [3.8, 4) is 0 Å². The van der Waals surface area contributed by atoms with Crippen LogP contribution in [-0.4, -0.2) is 16.3 Å². The van der Waals surface area contributed by atoms with Crippen LogP contribution in [0.4, 0.5) is 5.69 Å².